The quantitative estimate of drug-likeness (QED) is 0.823. The molecule has 120 valence electrons. The molecule has 23 heavy (non-hydrogen) atoms. The van der Waals surface area contributed by atoms with Crippen LogP contribution < -0.4 is 10.6 Å². The predicted octanol–water partition coefficient (Wildman–Crippen LogP) is 2.19. The highest BCUT2D eigenvalue weighted by molar-refractivity contribution is 5.99. The zero-order chi connectivity index (χ0) is 16.5. The monoisotopic (exact) mass is 311 g/mol. The molecular weight excluding hydrogens is 290 g/mol. The lowest BCUT2D eigenvalue weighted by atomic mass is 10.1. The minimum Gasteiger partial charge on any atom is -0.352 e. The van der Waals surface area contributed by atoms with Gasteiger partial charge in [0.15, 0.2) is 0 Å². The van der Waals surface area contributed by atoms with E-state index >= 15 is 0 Å². The van der Waals surface area contributed by atoms with Crippen LogP contribution in [-0.2, 0) is 6.42 Å². The molecule has 0 atom stereocenters. The molecule has 2 rings (SSSR count). The van der Waals surface area contributed by atoms with Gasteiger partial charge >= 0.3 is 0 Å². The number of rotatable bonds is 7. The van der Waals surface area contributed by atoms with Gasteiger partial charge in [0.1, 0.15) is 0 Å². The van der Waals surface area contributed by atoms with Gasteiger partial charge in [0.2, 0.25) is 0 Å². The van der Waals surface area contributed by atoms with E-state index in [4.69, 9.17) is 0 Å². The first-order chi connectivity index (χ1) is 11.2. The van der Waals surface area contributed by atoms with Crippen molar-refractivity contribution in [3.8, 4) is 0 Å². The molecule has 5 nitrogen and oxygen atoms in total. The van der Waals surface area contributed by atoms with E-state index in [9.17, 15) is 9.59 Å². The minimum absolute atomic E-state index is 0.210. The third-order valence-electron chi connectivity index (χ3n) is 3.34. The number of carbonyl (C=O) groups is 2. The summed E-state index contributed by atoms with van der Waals surface area (Å²) in [5.74, 6) is -0.433. The Hall–Kier alpha value is -2.69. The standard InChI is InChI=1S/C18H21N3O2/c1-2-9-20-17(22)15-11-16(13-19-12-15)18(23)21-10-8-14-6-4-3-5-7-14/h3-7,11-13H,2,8-10H2,1H3,(H,20,22)(H,21,23). The molecule has 2 N–H and O–H groups in total. The molecule has 2 aromatic rings. The fourth-order valence-electron chi connectivity index (χ4n) is 2.10. The predicted molar refractivity (Wildman–Crippen MR) is 89.3 cm³/mol. The lowest BCUT2D eigenvalue weighted by molar-refractivity contribution is 0.0953. The number of amides is 2. The number of benzene rings is 1. The van der Waals surface area contributed by atoms with E-state index in [1.165, 1.54) is 18.0 Å². The summed E-state index contributed by atoms with van der Waals surface area (Å²) in [5, 5.41) is 5.61. The van der Waals surface area contributed by atoms with Gasteiger partial charge in [-0.3, -0.25) is 14.6 Å². The number of hydrogen-bond donors (Lipinski definition) is 2. The molecule has 0 saturated carbocycles. The number of carbonyl (C=O) groups excluding carboxylic acids is 2. The highest BCUT2D eigenvalue weighted by atomic mass is 16.2. The summed E-state index contributed by atoms with van der Waals surface area (Å²) in [5.41, 5.74) is 1.95. The molecule has 0 fully saturated rings. The van der Waals surface area contributed by atoms with Crippen LogP contribution in [0.4, 0.5) is 0 Å². The van der Waals surface area contributed by atoms with Crippen LogP contribution in [0.1, 0.15) is 39.6 Å². The molecule has 2 amide bonds. The summed E-state index contributed by atoms with van der Waals surface area (Å²) >= 11 is 0. The third kappa shape index (κ3) is 5.21. The Morgan fingerprint density at radius 1 is 0.957 bits per heavy atom. The van der Waals surface area contributed by atoms with Crippen molar-refractivity contribution in [3.05, 3.63) is 65.5 Å². The SMILES string of the molecule is CCCNC(=O)c1cncc(C(=O)NCCc2ccccc2)c1. The fourth-order valence-corrected chi connectivity index (χ4v) is 2.10. The van der Waals surface area contributed by atoms with Gasteiger partial charge in [0, 0.05) is 25.5 Å². The highest BCUT2D eigenvalue weighted by Gasteiger charge is 2.10. The van der Waals surface area contributed by atoms with Gasteiger partial charge in [-0.15, -0.1) is 0 Å². The van der Waals surface area contributed by atoms with Crippen LogP contribution in [0, 0.1) is 0 Å². The Morgan fingerprint density at radius 3 is 2.17 bits per heavy atom. The van der Waals surface area contributed by atoms with Gasteiger partial charge in [-0.2, -0.15) is 0 Å². The average molecular weight is 311 g/mol. The van der Waals surface area contributed by atoms with E-state index in [1.54, 1.807) is 6.07 Å². The van der Waals surface area contributed by atoms with Crippen LogP contribution in [0.3, 0.4) is 0 Å². The second-order valence-electron chi connectivity index (χ2n) is 5.21. The number of hydrogen-bond acceptors (Lipinski definition) is 3. The van der Waals surface area contributed by atoms with Crippen molar-refractivity contribution in [2.45, 2.75) is 19.8 Å². The van der Waals surface area contributed by atoms with E-state index in [2.05, 4.69) is 15.6 Å². The summed E-state index contributed by atoms with van der Waals surface area (Å²) in [6.45, 7) is 3.12. The van der Waals surface area contributed by atoms with Crippen LogP contribution in [0.2, 0.25) is 0 Å². The smallest absolute Gasteiger partial charge is 0.252 e. The van der Waals surface area contributed by atoms with E-state index in [1.807, 2.05) is 37.3 Å². The maximum Gasteiger partial charge on any atom is 0.252 e. The van der Waals surface area contributed by atoms with Gasteiger partial charge in [-0.05, 0) is 24.5 Å². The summed E-state index contributed by atoms with van der Waals surface area (Å²) < 4.78 is 0. The van der Waals surface area contributed by atoms with Crippen molar-refractivity contribution in [1.82, 2.24) is 15.6 Å². The largest absolute Gasteiger partial charge is 0.352 e. The second-order valence-corrected chi connectivity index (χ2v) is 5.21. The molecule has 0 radical (unpaired) electrons. The maximum atomic E-state index is 12.1. The molecule has 0 unspecified atom stereocenters. The number of nitrogens with zero attached hydrogens (tertiary/aromatic N) is 1. The highest BCUT2D eigenvalue weighted by Crippen LogP contribution is 2.04. The summed E-state index contributed by atoms with van der Waals surface area (Å²) in [4.78, 5) is 28.0. The van der Waals surface area contributed by atoms with E-state index in [0.29, 0.717) is 24.2 Å². The Morgan fingerprint density at radius 2 is 1.57 bits per heavy atom. The second kappa shape index (κ2) is 8.68. The number of nitrogens with one attached hydrogen (secondary N) is 2. The van der Waals surface area contributed by atoms with Crippen molar-refractivity contribution in [2.75, 3.05) is 13.1 Å². The molecule has 1 heterocycles. The zero-order valence-corrected chi connectivity index (χ0v) is 13.2. The van der Waals surface area contributed by atoms with Crippen LogP contribution in [-0.4, -0.2) is 29.9 Å². The zero-order valence-electron chi connectivity index (χ0n) is 13.2. The van der Waals surface area contributed by atoms with Crippen molar-refractivity contribution < 1.29 is 9.59 Å². The average Bonchev–Trinajstić information content (AvgIpc) is 2.60. The summed E-state index contributed by atoms with van der Waals surface area (Å²) in [6, 6.07) is 11.5. The van der Waals surface area contributed by atoms with Gasteiger partial charge in [0.25, 0.3) is 11.8 Å². The van der Waals surface area contributed by atoms with Gasteiger partial charge in [-0.1, -0.05) is 37.3 Å². The Balaban J connectivity index is 1.90. The first-order valence-electron chi connectivity index (χ1n) is 7.76. The minimum atomic E-state index is -0.224. The maximum absolute atomic E-state index is 12.1. The normalized spacial score (nSPS) is 10.1. The van der Waals surface area contributed by atoms with E-state index < -0.39 is 0 Å². The van der Waals surface area contributed by atoms with Crippen LogP contribution in [0.25, 0.3) is 0 Å². The fraction of sp³-hybridized carbons (Fsp3) is 0.278. The molecule has 1 aromatic carbocycles. The van der Waals surface area contributed by atoms with Gasteiger partial charge < -0.3 is 10.6 Å². The Kier molecular flexibility index (Phi) is 6.29. The topological polar surface area (TPSA) is 71.1 Å². The summed E-state index contributed by atoms with van der Waals surface area (Å²) in [7, 11) is 0. The van der Waals surface area contributed by atoms with E-state index in [-0.39, 0.29) is 11.8 Å². The number of pyridine rings is 1. The molecular formula is C18H21N3O2. The van der Waals surface area contributed by atoms with Crippen molar-refractivity contribution in [3.63, 3.8) is 0 Å². The molecule has 0 aliphatic heterocycles. The number of aromatic nitrogens is 1. The Bertz CT molecular complexity index is 656. The van der Waals surface area contributed by atoms with Crippen LogP contribution >= 0.6 is 0 Å². The van der Waals surface area contributed by atoms with E-state index in [0.717, 1.165) is 12.8 Å². The first kappa shape index (κ1) is 16.7. The van der Waals surface area contributed by atoms with Gasteiger partial charge in [-0.25, -0.2) is 0 Å². The van der Waals surface area contributed by atoms with Crippen molar-refractivity contribution in [1.29, 1.82) is 0 Å². The Labute approximate surface area is 136 Å². The molecule has 5 heteroatoms. The van der Waals surface area contributed by atoms with Crippen molar-refractivity contribution in [2.24, 2.45) is 0 Å². The third-order valence-corrected chi connectivity index (χ3v) is 3.34. The molecule has 0 saturated heterocycles. The van der Waals surface area contributed by atoms with Crippen molar-refractivity contribution >= 4 is 11.8 Å². The van der Waals surface area contributed by atoms with Gasteiger partial charge in [0.05, 0.1) is 11.1 Å². The molecule has 0 spiro atoms. The molecule has 0 aliphatic carbocycles. The lowest BCUT2D eigenvalue weighted by Gasteiger charge is -2.07. The first-order valence-corrected chi connectivity index (χ1v) is 7.76. The lowest BCUT2D eigenvalue weighted by Crippen LogP contribution is -2.27. The van der Waals surface area contributed by atoms with Crippen LogP contribution in [0.5, 0.6) is 0 Å². The summed E-state index contributed by atoms with van der Waals surface area (Å²) in [6.07, 6.45) is 4.55. The molecule has 0 aliphatic rings. The molecule has 0 bridgehead atoms. The van der Waals surface area contributed by atoms with Crippen LogP contribution in [0.15, 0.2) is 48.8 Å². The molecule has 1 aromatic heterocycles.